The molecule has 4 fully saturated rings. The molecule has 3 nitrogen and oxygen atoms in total. The molecule has 4 rings (SSSR count). The van der Waals surface area contributed by atoms with Crippen molar-refractivity contribution in [1.29, 1.82) is 0 Å². The summed E-state index contributed by atoms with van der Waals surface area (Å²) in [4.78, 5) is 0. The summed E-state index contributed by atoms with van der Waals surface area (Å²) >= 11 is 0. The van der Waals surface area contributed by atoms with Crippen LogP contribution in [0.25, 0.3) is 0 Å². The van der Waals surface area contributed by atoms with E-state index in [9.17, 15) is 15.3 Å². The Kier molecular flexibility index (Phi) is 3.30. The second kappa shape index (κ2) is 4.70. The number of aliphatic hydroxyl groups is 3. The van der Waals surface area contributed by atoms with Crippen molar-refractivity contribution in [3.05, 3.63) is 0 Å². The highest BCUT2D eigenvalue weighted by molar-refractivity contribution is 5.17. The molecule has 4 saturated carbocycles. The van der Waals surface area contributed by atoms with Crippen molar-refractivity contribution in [1.82, 2.24) is 0 Å². The van der Waals surface area contributed by atoms with Gasteiger partial charge >= 0.3 is 0 Å². The van der Waals surface area contributed by atoms with Gasteiger partial charge in [-0.05, 0) is 85.9 Å². The summed E-state index contributed by atoms with van der Waals surface area (Å²) in [7, 11) is 0. The van der Waals surface area contributed by atoms with E-state index < -0.39 is 5.60 Å². The van der Waals surface area contributed by atoms with E-state index in [0.717, 1.165) is 44.9 Å². The van der Waals surface area contributed by atoms with Gasteiger partial charge in [-0.1, -0.05) is 13.8 Å². The van der Waals surface area contributed by atoms with Gasteiger partial charge in [0.25, 0.3) is 0 Å². The van der Waals surface area contributed by atoms with E-state index in [1.165, 1.54) is 6.42 Å². The molecule has 0 spiro atoms. The van der Waals surface area contributed by atoms with E-state index in [1.807, 2.05) is 0 Å². The molecule has 0 aromatic rings. The lowest BCUT2D eigenvalue weighted by Crippen LogP contribution is -2.60. The van der Waals surface area contributed by atoms with Crippen LogP contribution in [0.4, 0.5) is 0 Å². The molecule has 4 aliphatic carbocycles. The molecule has 0 aliphatic heterocycles. The number of hydrogen-bond acceptors (Lipinski definition) is 3. The Morgan fingerprint density at radius 2 is 1.64 bits per heavy atom. The van der Waals surface area contributed by atoms with Crippen LogP contribution < -0.4 is 0 Å². The normalized spacial score (nSPS) is 60.7. The Morgan fingerprint density at radius 1 is 0.909 bits per heavy atom. The van der Waals surface area contributed by atoms with Gasteiger partial charge in [-0.2, -0.15) is 0 Å². The molecule has 3 heteroatoms. The minimum atomic E-state index is -0.476. The van der Waals surface area contributed by atoms with Crippen molar-refractivity contribution >= 4 is 0 Å². The first kappa shape index (κ1) is 15.4. The van der Waals surface area contributed by atoms with Gasteiger partial charge in [0.05, 0.1) is 11.7 Å². The van der Waals surface area contributed by atoms with Gasteiger partial charge in [-0.25, -0.2) is 0 Å². The summed E-state index contributed by atoms with van der Waals surface area (Å²) in [5.74, 6) is 1.59. The number of hydrogen-bond donors (Lipinski definition) is 3. The molecule has 4 aliphatic rings. The van der Waals surface area contributed by atoms with Crippen LogP contribution >= 0.6 is 0 Å². The highest BCUT2D eigenvalue weighted by atomic mass is 16.3. The third kappa shape index (κ3) is 1.63. The maximum atomic E-state index is 11.3. The van der Waals surface area contributed by atoms with E-state index in [1.54, 1.807) is 0 Å². The molecule has 0 amide bonds. The SMILES string of the molecule is CC12CCC(C3(C)CCC4CCC43O)C(CO)C1CCC2O. The monoisotopic (exact) mass is 308 g/mol. The summed E-state index contributed by atoms with van der Waals surface area (Å²) < 4.78 is 0. The van der Waals surface area contributed by atoms with E-state index in [4.69, 9.17) is 0 Å². The van der Waals surface area contributed by atoms with Gasteiger partial charge < -0.3 is 15.3 Å². The molecule has 0 radical (unpaired) electrons. The smallest absolute Gasteiger partial charge is 0.0731 e. The van der Waals surface area contributed by atoms with Gasteiger partial charge in [0, 0.05) is 6.61 Å². The third-order valence-electron chi connectivity index (χ3n) is 8.97. The van der Waals surface area contributed by atoms with Crippen LogP contribution in [0.15, 0.2) is 0 Å². The fourth-order valence-electron chi connectivity index (χ4n) is 7.26. The van der Waals surface area contributed by atoms with Crippen LogP contribution in [-0.2, 0) is 0 Å². The number of fused-ring (bicyclic) bond motifs is 2. The fraction of sp³-hybridized carbons (Fsp3) is 1.00. The summed E-state index contributed by atoms with van der Waals surface area (Å²) in [5, 5.41) is 31.9. The summed E-state index contributed by atoms with van der Waals surface area (Å²) in [6.07, 6.45) is 8.23. The topological polar surface area (TPSA) is 60.7 Å². The lowest BCUT2D eigenvalue weighted by molar-refractivity contribution is -0.191. The quantitative estimate of drug-likeness (QED) is 0.735. The predicted molar refractivity (Wildman–Crippen MR) is 85.2 cm³/mol. The standard InChI is InChI=1S/C19H32O3/c1-17-8-7-15(13(11-20)14(17)3-4-16(17)21)18(2)9-5-12-6-10-19(12,18)22/h12-16,20-22H,3-11H2,1-2H3. The van der Waals surface area contributed by atoms with Crippen molar-refractivity contribution in [2.75, 3.05) is 6.61 Å². The van der Waals surface area contributed by atoms with Crippen molar-refractivity contribution < 1.29 is 15.3 Å². The first-order valence-electron chi connectivity index (χ1n) is 9.38. The Labute approximate surface area is 134 Å². The second-order valence-electron chi connectivity index (χ2n) is 9.31. The fourth-order valence-corrected chi connectivity index (χ4v) is 7.26. The molecule has 22 heavy (non-hydrogen) atoms. The van der Waals surface area contributed by atoms with Gasteiger partial charge in [-0.3, -0.25) is 0 Å². The van der Waals surface area contributed by atoms with E-state index >= 15 is 0 Å². The molecule has 0 heterocycles. The molecule has 126 valence electrons. The van der Waals surface area contributed by atoms with Crippen LogP contribution in [0, 0.1) is 34.5 Å². The van der Waals surface area contributed by atoms with Crippen molar-refractivity contribution in [3.8, 4) is 0 Å². The molecule has 0 aromatic heterocycles. The molecule has 3 N–H and O–H groups in total. The third-order valence-corrected chi connectivity index (χ3v) is 8.97. The second-order valence-corrected chi connectivity index (χ2v) is 9.31. The average molecular weight is 308 g/mol. The Balaban J connectivity index is 1.66. The van der Waals surface area contributed by atoms with Crippen molar-refractivity contribution in [3.63, 3.8) is 0 Å². The number of rotatable bonds is 2. The minimum absolute atomic E-state index is 0.0134. The summed E-state index contributed by atoms with van der Waals surface area (Å²) in [5.41, 5.74) is -0.519. The molecular weight excluding hydrogens is 276 g/mol. The molecule has 0 bridgehead atoms. The van der Waals surface area contributed by atoms with Crippen molar-refractivity contribution in [2.45, 2.75) is 76.9 Å². The predicted octanol–water partition coefficient (Wildman–Crippen LogP) is 2.72. The largest absolute Gasteiger partial charge is 0.396 e. The first-order chi connectivity index (χ1) is 10.4. The lowest BCUT2D eigenvalue weighted by Gasteiger charge is -2.58. The zero-order valence-corrected chi connectivity index (χ0v) is 14.1. The van der Waals surface area contributed by atoms with Gasteiger partial charge in [0.2, 0.25) is 0 Å². The molecular formula is C19H32O3. The van der Waals surface area contributed by atoms with Crippen molar-refractivity contribution in [2.24, 2.45) is 34.5 Å². The van der Waals surface area contributed by atoms with Gasteiger partial charge in [-0.15, -0.1) is 0 Å². The molecule has 0 aromatic carbocycles. The Morgan fingerprint density at radius 3 is 2.23 bits per heavy atom. The van der Waals surface area contributed by atoms with Crippen LogP contribution in [-0.4, -0.2) is 33.6 Å². The number of aliphatic hydroxyl groups excluding tert-OH is 2. The highest BCUT2D eigenvalue weighted by Crippen LogP contribution is 2.68. The van der Waals surface area contributed by atoms with Crippen LogP contribution in [0.2, 0.25) is 0 Å². The maximum absolute atomic E-state index is 11.3. The summed E-state index contributed by atoms with van der Waals surface area (Å²) in [6.45, 7) is 4.74. The molecule has 0 saturated heterocycles. The van der Waals surface area contributed by atoms with Crippen LogP contribution in [0.5, 0.6) is 0 Å². The van der Waals surface area contributed by atoms with Gasteiger partial charge in [0.15, 0.2) is 0 Å². The summed E-state index contributed by atoms with van der Waals surface area (Å²) in [6, 6.07) is 0. The first-order valence-corrected chi connectivity index (χ1v) is 9.38. The average Bonchev–Trinajstić information content (AvgIpc) is 2.87. The minimum Gasteiger partial charge on any atom is -0.396 e. The Bertz CT molecular complexity index is 466. The molecule has 8 unspecified atom stereocenters. The van der Waals surface area contributed by atoms with Crippen LogP contribution in [0.3, 0.4) is 0 Å². The lowest BCUT2D eigenvalue weighted by atomic mass is 9.49. The molecule has 8 atom stereocenters. The Hall–Kier alpha value is -0.120. The maximum Gasteiger partial charge on any atom is 0.0731 e. The van der Waals surface area contributed by atoms with Gasteiger partial charge in [0.1, 0.15) is 0 Å². The highest BCUT2D eigenvalue weighted by Gasteiger charge is 2.67. The zero-order valence-electron chi connectivity index (χ0n) is 14.1. The zero-order chi connectivity index (χ0) is 15.8. The van der Waals surface area contributed by atoms with E-state index in [0.29, 0.717) is 17.8 Å². The van der Waals surface area contributed by atoms with E-state index in [2.05, 4.69) is 13.8 Å². The van der Waals surface area contributed by atoms with Crippen LogP contribution in [0.1, 0.15) is 65.2 Å². The van der Waals surface area contributed by atoms with E-state index in [-0.39, 0.29) is 29.5 Å².